The Bertz CT molecular complexity index is 854. The van der Waals surface area contributed by atoms with Crippen molar-refractivity contribution in [1.82, 2.24) is 10.6 Å². The summed E-state index contributed by atoms with van der Waals surface area (Å²) in [6, 6.07) is 10.4. The van der Waals surface area contributed by atoms with Crippen LogP contribution >= 0.6 is 39.9 Å². The number of methoxy groups -OCH3 is 1. The SMILES string of the molecule is CN=C(NCc1cc(C(=O)OC)c(C)o1)NC1CCN(c2ccc(Br)cc2)C1.I. The Labute approximate surface area is 196 Å². The van der Waals surface area contributed by atoms with E-state index in [2.05, 4.69) is 60.7 Å². The second-order valence-corrected chi connectivity index (χ2v) is 7.57. The van der Waals surface area contributed by atoms with Gasteiger partial charge >= 0.3 is 5.97 Å². The number of hydrogen-bond donors (Lipinski definition) is 2. The molecule has 0 aliphatic carbocycles. The van der Waals surface area contributed by atoms with Crippen LogP contribution in [0.5, 0.6) is 0 Å². The number of furan rings is 1. The summed E-state index contributed by atoms with van der Waals surface area (Å²) in [7, 11) is 3.10. The molecule has 1 atom stereocenters. The van der Waals surface area contributed by atoms with Gasteiger partial charge in [0.15, 0.2) is 5.96 Å². The lowest BCUT2D eigenvalue weighted by atomic mass is 10.2. The van der Waals surface area contributed by atoms with Crippen LogP contribution < -0.4 is 15.5 Å². The molecule has 0 saturated carbocycles. The lowest BCUT2D eigenvalue weighted by molar-refractivity contribution is 0.0599. The van der Waals surface area contributed by atoms with Gasteiger partial charge in [-0.05, 0) is 43.7 Å². The zero-order chi connectivity index (χ0) is 20.1. The van der Waals surface area contributed by atoms with Crippen molar-refractivity contribution in [3.63, 3.8) is 0 Å². The van der Waals surface area contributed by atoms with Gasteiger partial charge in [0.1, 0.15) is 17.1 Å². The van der Waals surface area contributed by atoms with Crippen molar-refractivity contribution < 1.29 is 13.9 Å². The summed E-state index contributed by atoms with van der Waals surface area (Å²) in [5.74, 6) is 1.52. The van der Waals surface area contributed by atoms with Crippen LogP contribution in [0, 0.1) is 6.92 Å². The fraction of sp³-hybridized carbons (Fsp3) is 0.400. The monoisotopic (exact) mass is 576 g/mol. The molecule has 1 aliphatic rings. The highest BCUT2D eigenvalue weighted by atomic mass is 127. The number of carbonyl (C=O) groups excluding carboxylic acids is 1. The van der Waals surface area contributed by atoms with E-state index in [-0.39, 0.29) is 24.0 Å². The molecule has 1 fully saturated rings. The molecule has 7 nitrogen and oxygen atoms in total. The molecular formula is C20H26BrIN4O3. The van der Waals surface area contributed by atoms with E-state index in [1.165, 1.54) is 12.8 Å². The summed E-state index contributed by atoms with van der Waals surface area (Å²) >= 11 is 3.47. The van der Waals surface area contributed by atoms with Crippen LogP contribution in [0.2, 0.25) is 0 Å². The maximum atomic E-state index is 11.7. The second-order valence-electron chi connectivity index (χ2n) is 6.65. The Hall–Kier alpha value is -1.75. The van der Waals surface area contributed by atoms with Gasteiger partial charge in [-0.3, -0.25) is 4.99 Å². The van der Waals surface area contributed by atoms with Crippen LogP contribution in [0.4, 0.5) is 5.69 Å². The molecule has 29 heavy (non-hydrogen) atoms. The van der Waals surface area contributed by atoms with E-state index in [1.54, 1.807) is 20.0 Å². The highest BCUT2D eigenvalue weighted by Crippen LogP contribution is 2.22. The molecule has 0 bridgehead atoms. The summed E-state index contributed by atoms with van der Waals surface area (Å²) in [4.78, 5) is 18.3. The number of hydrogen-bond acceptors (Lipinski definition) is 5. The maximum Gasteiger partial charge on any atom is 0.341 e. The Balaban J connectivity index is 0.00000300. The molecule has 2 N–H and O–H groups in total. The number of rotatable bonds is 5. The molecule has 1 aromatic heterocycles. The van der Waals surface area contributed by atoms with Gasteiger partial charge in [-0.1, -0.05) is 15.9 Å². The number of guanidine groups is 1. The first-order valence-electron chi connectivity index (χ1n) is 9.15. The summed E-state index contributed by atoms with van der Waals surface area (Å²) in [5, 5.41) is 6.70. The first kappa shape index (κ1) is 23.5. The van der Waals surface area contributed by atoms with Crippen molar-refractivity contribution in [3.05, 3.63) is 51.9 Å². The van der Waals surface area contributed by atoms with Crippen molar-refractivity contribution in [2.24, 2.45) is 4.99 Å². The van der Waals surface area contributed by atoms with Gasteiger partial charge in [0.25, 0.3) is 0 Å². The van der Waals surface area contributed by atoms with Gasteiger partial charge in [-0.2, -0.15) is 0 Å². The first-order chi connectivity index (χ1) is 13.5. The number of carbonyl (C=O) groups is 1. The average Bonchev–Trinajstić information content (AvgIpc) is 3.31. The Morgan fingerprint density at radius 3 is 2.76 bits per heavy atom. The quantitative estimate of drug-likeness (QED) is 0.245. The third-order valence-electron chi connectivity index (χ3n) is 4.75. The summed E-state index contributed by atoms with van der Waals surface area (Å²) in [5.41, 5.74) is 1.67. The topological polar surface area (TPSA) is 79.1 Å². The molecule has 1 saturated heterocycles. The van der Waals surface area contributed by atoms with Crippen LogP contribution in [0.25, 0.3) is 0 Å². The van der Waals surface area contributed by atoms with Crippen LogP contribution in [0.3, 0.4) is 0 Å². The number of anilines is 1. The zero-order valence-corrected chi connectivity index (χ0v) is 20.6. The van der Waals surface area contributed by atoms with Gasteiger partial charge in [0.2, 0.25) is 0 Å². The minimum absolute atomic E-state index is 0. The number of esters is 1. The number of nitrogens with one attached hydrogen (secondary N) is 2. The van der Waals surface area contributed by atoms with E-state index in [0.717, 1.165) is 24.0 Å². The Morgan fingerprint density at radius 2 is 2.10 bits per heavy atom. The van der Waals surface area contributed by atoms with Gasteiger partial charge in [-0.15, -0.1) is 24.0 Å². The zero-order valence-electron chi connectivity index (χ0n) is 16.7. The van der Waals surface area contributed by atoms with Gasteiger partial charge in [0.05, 0.1) is 13.7 Å². The van der Waals surface area contributed by atoms with E-state index >= 15 is 0 Å². The van der Waals surface area contributed by atoms with E-state index in [9.17, 15) is 4.79 Å². The van der Waals surface area contributed by atoms with E-state index in [4.69, 9.17) is 9.15 Å². The van der Waals surface area contributed by atoms with Gasteiger partial charge < -0.3 is 24.7 Å². The summed E-state index contributed by atoms with van der Waals surface area (Å²) in [6.07, 6.45) is 1.03. The van der Waals surface area contributed by atoms with Crippen LogP contribution in [0.15, 0.2) is 44.2 Å². The molecule has 0 amide bonds. The van der Waals surface area contributed by atoms with Crippen molar-refractivity contribution in [3.8, 4) is 0 Å². The third-order valence-corrected chi connectivity index (χ3v) is 5.28. The highest BCUT2D eigenvalue weighted by Gasteiger charge is 2.23. The molecule has 1 aliphatic heterocycles. The molecule has 0 radical (unpaired) electrons. The van der Waals surface area contributed by atoms with Gasteiger partial charge in [0, 0.05) is 36.3 Å². The predicted molar refractivity (Wildman–Crippen MR) is 128 cm³/mol. The fourth-order valence-electron chi connectivity index (χ4n) is 3.27. The number of halogens is 2. The number of aliphatic imine (C=N–C) groups is 1. The van der Waals surface area contributed by atoms with Crippen molar-refractivity contribution in [2.45, 2.75) is 25.9 Å². The van der Waals surface area contributed by atoms with Crippen LogP contribution in [-0.4, -0.2) is 45.2 Å². The standard InChI is InChI=1S/C20H25BrN4O3.HI/c1-13-18(19(26)27-3)10-17(28-13)11-23-20(22-2)24-15-8-9-25(12-15)16-6-4-14(21)5-7-16;/h4-7,10,15H,8-9,11-12H2,1-3H3,(H2,22,23,24);1H. The van der Waals surface area contributed by atoms with Crippen molar-refractivity contribution >= 4 is 57.5 Å². The van der Waals surface area contributed by atoms with Crippen molar-refractivity contribution in [2.75, 3.05) is 32.1 Å². The first-order valence-corrected chi connectivity index (χ1v) is 9.94. The van der Waals surface area contributed by atoms with Crippen molar-refractivity contribution in [1.29, 1.82) is 0 Å². The van der Waals surface area contributed by atoms with Gasteiger partial charge in [-0.25, -0.2) is 4.79 Å². The minimum Gasteiger partial charge on any atom is -0.465 e. The number of nitrogens with zero attached hydrogens (tertiary/aromatic N) is 2. The highest BCUT2D eigenvalue weighted by molar-refractivity contribution is 14.0. The average molecular weight is 577 g/mol. The second kappa shape index (κ2) is 10.9. The lowest BCUT2D eigenvalue weighted by Gasteiger charge is -2.20. The maximum absolute atomic E-state index is 11.7. The smallest absolute Gasteiger partial charge is 0.341 e. The molecule has 158 valence electrons. The predicted octanol–water partition coefficient (Wildman–Crippen LogP) is 3.70. The normalized spacial score (nSPS) is 16.3. The molecule has 2 heterocycles. The molecule has 1 aromatic carbocycles. The molecule has 0 spiro atoms. The third kappa shape index (κ3) is 6.11. The summed E-state index contributed by atoms with van der Waals surface area (Å²) in [6.45, 7) is 4.09. The Morgan fingerprint density at radius 1 is 1.38 bits per heavy atom. The largest absolute Gasteiger partial charge is 0.465 e. The fourth-order valence-corrected chi connectivity index (χ4v) is 3.53. The molecule has 2 aromatic rings. The number of ether oxygens (including phenoxy) is 1. The van der Waals surface area contributed by atoms with Crippen LogP contribution in [-0.2, 0) is 11.3 Å². The molecule has 1 unspecified atom stereocenters. The lowest BCUT2D eigenvalue weighted by Crippen LogP contribution is -2.44. The number of benzene rings is 1. The summed E-state index contributed by atoms with van der Waals surface area (Å²) < 4.78 is 11.5. The molecule has 9 heteroatoms. The van der Waals surface area contributed by atoms with E-state index < -0.39 is 5.97 Å². The van der Waals surface area contributed by atoms with Crippen LogP contribution in [0.1, 0.15) is 28.3 Å². The van der Waals surface area contributed by atoms with E-state index in [1.807, 2.05) is 0 Å². The molecular weight excluding hydrogens is 551 g/mol. The Kier molecular flexibility index (Phi) is 8.81. The number of aryl methyl sites for hydroxylation is 1. The molecule has 3 rings (SSSR count). The van der Waals surface area contributed by atoms with E-state index in [0.29, 0.717) is 35.6 Å². The minimum atomic E-state index is -0.394.